The van der Waals surface area contributed by atoms with Crippen LogP contribution in [0.2, 0.25) is 0 Å². The van der Waals surface area contributed by atoms with Crippen LogP contribution in [-0.4, -0.2) is 13.2 Å². The van der Waals surface area contributed by atoms with Gasteiger partial charge in [-0.15, -0.1) is 0 Å². The highest BCUT2D eigenvalue weighted by Crippen LogP contribution is 2.50. The molecule has 10 nitrogen and oxygen atoms in total. The van der Waals surface area contributed by atoms with E-state index in [1.165, 1.54) is 86.9 Å². The van der Waals surface area contributed by atoms with E-state index in [4.69, 9.17) is 9.47 Å². The first kappa shape index (κ1) is 99.3. The maximum Gasteiger partial charge on any atom is 0.121 e. The SMILES string of the molecule is CCCCOc1cccc(N(c2ccc(N(c3ccc(N(c4ccc(C)cc4)c4cc(C)ccc4C)cc3)c3ccc(N(c4ccc(N(c5ccc(N(c6ccc(CCCC)cc6)c6ccc(CCCC)cc6)cc5)c5ccc(N(c6ccc(C)cc6)c6ccc(N(c7ccc(CCCC)cc7)c7ccc(CCCC)cc7)cc6)cc5)cc4)c4c(C)cc(C)cc4C)cc3)cc2)c2cccc(OCCCC)c2)c1. The largest absolute Gasteiger partial charge is 0.494 e. The van der Waals surface area contributed by atoms with Gasteiger partial charge in [0.2, 0.25) is 0 Å². The molecule has 0 N–H and O–H groups in total. The fourth-order valence-electron chi connectivity index (χ4n) is 19.5. The first-order chi connectivity index (χ1) is 70.0. The second-order valence-corrected chi connectivity index (χ2v) is 38.5. The second-order valence-electron chi connectivity index (χ2n) is 38.5. The molecule has 0 saturated carbocycles. The van der Waals surface area contributed by atoms with Crippen LogP contribution in [-0.2, 0) is 25.7 Å². The van der Waals surface area contributed by atoms with Crippen LogP contribution in [0.5, 0.6) is 11.5 Å². The van der Waals surface area contributed by atoms with Crippen molar-refractivity contribution in [2.45, 2.75) is 193 Å². The summed E-state index contributed by atoms with van der Waals surface area (Å²) < 4.78 is 12.8. The number of hydrogen-bond donors (Lipinski definition) is 0. The lowest BCUT2D eigenvalue weighted by atomic mass is 10.0. The third-order valence-corrected chi connectivity index (χ3v) is 27.4. The summed E-state index contributed by atoms with van der Waals surface area (Å²) in [6, 6.07) is 147. The molecule has 0 aliphatic heterocycles. The normalized spacial score (nSPS) is 11.2. The molecule has 0 heterocycles. The second kappa shape index (κ2) is 47.8. The standard InChI is InChI=1S/C133H140N8O2/c1-14-20-28-104-42-54-109(55-43-104)135(110-56-44-105(45-57-110)29-21-15-2)115-66-62-113(63-67-115)134(108-50-37-97(7)38-51-108)114-64-70-117(71-65-114)137(118-72-68-116(69-73-118)136(111-58-46-106(47-59-111)30-22-16-3)112-60-48-107(49-61-112)31-23-17-4)121-80-86-126(87-81-121)141(133-102(12)92-100(10)93-103(133)13)127-88-82-122(83-89-127)138(120-78-84-125(85-79-120)140(124-52-39-98(8)40-53-124)132-94-99(9)36-41-101(132)11)119-74-76-123(77-75-119)139(128-32-26-34-130(95-128)142-90-24-18-5)129-33-27-35-131(96-129)143-91-25-19-6/h26-27,32-89,92-96H,14-25,28-31,90-91H2,1-13H3. The maximum atomic E-state index is 6.41. The molecule has 0 atom stereocenters. The minimum absolute atomic E-state index is 0.650. The molecule has 17 rings (SSSR count). The quantitative estimate of drug-likeness (QED) is 0.0345. The van der Waals surface area contributed by atoms with Crippen LogP contribution in [0.4, 0.5) is 136 Å². The Kier molecular flexibility index (Phi) is 33.2. The van der Waals surface area contributed by atoms with Crippen LogP contribution in [0.25, 0.3) is 0 Å². The van der Waals surface area contributed by atoms with Crippen LogP contribution < -0.4 is 48.7 Å². The summed E-state index contributed by atoms with van der Waals surface area (Å²) in [5, 5.41) is 0. The van der Waals surface area contributed by atoms with E-state index in [1.807, 2.05) is 0 Å². The summed E-state index contributed by atoms with van der Waals surface area (Å²) in [7, 11) is 0. The zero-order chi connectivity index (χ0) is 99.1. The fraction of sp³-hybridized carbons (Fsp3) is 0.233. The van der Waals surface area contributed by atoms with Crippen LogP contribution in [0.15, 0.2) is 394 Å². The van der Waals surface area contributed by atoms with E-state index in [-0.39, 0.29) is 0 Å². The molecule has 0 radical (unpaired) electrons. The molecule has 0 bridgehead atoms. The minimum atomic E-state index is 0.650. The van der Waals surface area contributed by atoms with Crippen molar-refractivity contribution in [1.29, 1.82) is 0 Å². The van der Waals surface area contributed by atoms with Gasteiger partial charge < -0.3 is 48.7 Å². The summed E-state index contributed by atoms with van der Waals surface area (Å²) in [4.78, 5) is 19.2. The van der Waals surface area contributed by atoms with Crippen molar-refractivity contribution < 1.29 is 9.47 Å². The molecular weight excluding hydrogens is 1740 g/mol. The third kappa shape index (κ3) is 24.2. The number of anilines is 24. The van der Waals surface area contributed by atoms with Crippen LogP contribution in [0.3, 0.4) is 0 Å². The van der Waals surface area contributed by atoms with E-state index >= 15 is 0 Å². The van der Waals surface area contributed by atoms with E-state index in [0.29, 0.717) is 13.2 Å². The third-order valence-electron chi connectivity index (χ3n) is 27.4. The summed E-state index contributed by atoms with van der Waals surface area (Å²) in [5.41, 5.74) is 39.1. The number of rotatable bonds is 44. The lowest BCUT2D eigenvalue weighted by Crippen LogP contribution is -2.15. The van der Waals surface area contributed by atoms with Crippen molar-refractivity contribution in [2.75, 3.05) is 52.4 Å². The summed E-state index contributed by atoms with van der Waals surface area (Å²) in [6.07, 6.45) is 17.6. The van der Waals surface area contributed by atoms with Crippen molar-refractivity contribution >= 4 is 136 Å². The average Bonchev–Trinajstić information content (AvgIpc) is 0.774. The highest BCUT2D eigenvalue weighted by molar-refractivity contribution is 5.91. The lowest BCUT2D eigenvalue weighted by molar-refractivity contribution is 0.309. The van der Waals surface area contributed by atoms with Gasteiger partial charge in [-0.25, -0.2) is 0 Å². The predicted octanol–water partition coefficient (Wildman–Crippen LogP) is 39.3. The first-order valence-electron chi connectivity index (χ1n) is 52.2. The highest BCUT2D eigenvalue weighted by Gasteiger charge is 2.27. The number of benzene rings is 17. The molecule has 0 aliphatic carbocycles. The van der Waals surface area contributed by atoms with E-state index < -0.39 is 0 Å². The van der Waals surface area contributed by atoms with Gasteiger partial charge in [0.25, 0.3) is 0 Å². The van der Waals surface area contributed by atoms with Gasteiger partial charge in [-0.1, -0.05) is 206 Å². The molecule has 0 amide bonds. The van der Waals surface area contributed by atoms with E-state index in [0.717, 1.165) is 225 Å². The molecule has 724 valence electrons. The van der Waals surface area contributed by atoms with Gasteiger partial charge in [-0.05, 0) is 430 Å². The number of aryl methyl sites for hydroxylation is 11. The predicted molar refractivity (Wildman–Crippen MR) is 612 cm³/mol. The van der Waals surface area contributed by atoms with Gasteiger partial charge in [0, 0.05) is 143 Å². The van der Waals surface area contributed by atoms with Crippen molar-refractivity contribution in [3.05, 3.63) is 456 Å². The van der Waals surface area contributed by atoms with Crippen LogP contribution in [0, 0.1) is 48.5 Å². The Labute approximate surface area is 852 Å². The molecule has 0 unspecified atom stereocenters. The molecule has 10 heteroatoms. The van der Waals surface area contributed by atoms with Gasteiger partial charge in [-0.3, -0.25) is 0 Å². The Bertz CT molecular complexity index is 6750. The van der Waals surface area contributed by atoms with Crippen LogP contribution in [0.1, 0.15) is 180 Å². The number of nitrogens with zero attached hydrogens (tertiary/aromatic N) is 8. The van der Waals surface area contributed by atoms with E-state index in [2.05, 4.69) is 524 Å². The summed E-state index contributed by atoms with van der Waals surface area (Å²) >= 11 is 0. The van der Waals surface area contributed by atoms with Gasteiger partial charge in [0.15, 0.2) is 0 Å². The maximum absolute atomic E-state index is 6.41. The monoisotopic (exact) mass is 1880 g/mol. The van der Waals surface area contributed by atoms with Crippen molar-refractivity contribution in [3.8, 4) is 11.5 Å². The van der Waals surface area contributed by atoms with Crippen LogP contribution >= 0.6 is 0 Å². The number of ether oxygens (including phenoxy) is 2. The zero-order valence-electron chi connectivity index (χ0n) is 86.1. The molecule has 17 aromatic carbocycles. The van der Waals surface area contributed by atoms with Crippen molar-refractivity contribution in [3.63, 3.8) is 0 Å². The molecule has 0 fully saturated rings. The van der Waals surface area contributed by atoms with E-state index in [1.54, 1.807) is 0 Å². The fourth-order valence-corrected chi connectivity index (χ4v) is 19.5. The Morgan fingerprint density at radius 3 is 0.622 bits per heavy atom. The first-order valence-corrected chi connectivity index (χ1v) is 52.2. The van der Waals surface area contributed by atoms with Crippen molar-refractivity contribution in [2.24, 2.45) is 0 Å². The average molecular weight is 1880 g/mol. The molecule has 143 heavy (non-hydrogen) atoms. The highest BCUT2D eigenvalue weighted by atomic mass is 16.5. The number of hydrogen-bond acceptors (Lipinski definition) is 10. The smallest absolute Gasteiger partial charge is 0.121 e. The van der Waals surface area contributed by atoms with Crippen molar-refractivity contribution in [1.82, 2.24) is 0 Å². The number of unbranched alkanes of at least 4 members (excludes halogenated alkanes) is 6. The Morgan fingerprint density at radius 2 is 0.378 bits per heavy atom. The zero-order valence-corrected chi connectivity index (χ0v) is 86.1. The van der Waals surface area contributed by atoms with Gasteiger partial charge in [0.1, 0.15) is 11.5 Å². The minimum Gasteiger partial charge on any atom is -0.494 e. The molecule has 17 aromatic rings. The molecule has 0 saturated heterocycles. The van der Waals surface area contributed by atoms with E-state index in [9.17, 15) is 0 Å². The summed E-state index contributed by atoms with van der Waals surface area (Å²) in [6.45, 7) is 30.2. The molecule has 0 spiro atoms. The Balaban J connectivity index is 0.770. The Hall–Kier alpha value is -15.3. The Morgan fingerprint density at radius 1 is 0.168 bits per heavy atom. The van der Waals surface area contributed by atoms with Gasteiger partial charge >= 0.3 is 0 Å². The molecule has 0 aliphatic rings. The summed E-state index contributed by atoms with van der Waals surface area (Å²) in [5.74, 6) is 1.67. The van der Waals surface area contributed by atoms with Gasteiger partial charge in [0.05, 0.1) is 18.9 Å². The topological polar surface area (TPSA) is 44.4 Å². The molecule has 0 aromatic heterocycles. The molecular formula is C133H140N8O2. The lowest BCUT2D eigenvalue weighted by Gasteiger charge is -2.32. The van der Waals surface area contributed by atoms with Gasteiger partial charge in [-0.2, -0.15) is 0 Å².